The first-order valence-electron chi connectivity index (χ1n) is 7.37. The number of halogens is 2. The highest BCUT2D eigenvalue weighted by molar-refractivity contribution is 14.0. The molecular weight excluding hydrogens is 456 g/mol. The maximum atomic E-state index is 13.6. The fourth-order valence-electron chi connectivity index (χ4n) is 2.08. The summed E-state index contributed by atoms with van der Waals surface area (Å²) >= 11 is 0. The van der Waals surface area contributed by atoms with Crippen molar-refractivity contribution in [1.82, 2.24) is 10.6 Å². The Kier molecular flexibility index (Phi) is 8.30. The summed E-state index contributed by atoms with van der Waals surface area (Å²) in [5.41, 5.74) is 1.47. The van der Waals surface area contributed by atoms with E-state index < -0.39 is 9.84 Å². The van der Waals surface area contributed by atoms with Crippen LogP contribution in [0.1, 0.15) is 11.1 Å². The Balaban J connectivity index is 0.00000312. The number of guanidine groups is 1. The maximum absolute atomic E-state index is 13.6. The van der Waals surface area contributed by atoms with Gasteiger partial charge in [-0.05, 0) is 23.8 Å². The summed E-state index contributed by atoms with van der Waals surface area (Å²) in [5, 5.41) is 6.14. The average Bonchev–Trinajstić information content (AvgIpc) is 2.56. The summed E-state index contributed by atoms with van der Waals surface area (Å²) in [4.78, 5) is 4.37. The van der Waals surface area contributed by atoms with Gasteiger partial charge in [0.05, 0.1) is 4.90 Å². The normalized spacial score (nSPS) is 11.6. The summed E-state index contributed by atoms with van der Waals surface area (Å²) in [6.07, 6.45) is 1.18. The quantitative estimate of drug-likeness (QED) is 0.395. The largest absolute Gasteiger partial charge is 0.352 e. The number of hydrogen-bond donors (Lipinski definition) is 2. The van der Waals surface area contributed by atoms with E-state index in [0.717, 1.165) is 5.56 Å². The highest BCUT2D eigenvalue weighted by Crippen LogP contribution is 2.10. The number of aliphatic imine (C=N–C) groups is 1. The van der Waals surface area contributed by atoms with Crippen molar-refractivity contribution in [3.8, 4) is 0 Å². The number of nitrogens with zero attached hydrogens (tertiary/aromatic N) is 1. The van der Waals surface area contributed by atoms with E-state index in [4.69, 9.17) is 0 Å². The van der Waals surface area contributed by atoms with E-state index in [9.17, 15) is 12.8 Å². The van der Waals surface area contributed by atoms with Gasteiger partial charge in [0.25, 0.3) is 0 Å². The van der Waals surface area contributed by atoms with Crippen molar-refractivity contribution in [1.29, 1.82) is 0 Å². The molecule has 0 amide bonds. The van der Waals surface area contributed by atoms with Crippen molar-refractivity contribution in [2.45, 2.75) is 18.0 Å². The van der Waals surface area contributed by atoms with Crippen LogP contribution in [0.2, 0.25) is 0 Å². The van der Waals surface area contributed by atoms with Crippen LogP contribution < -0.4 is 10.6 Å². The van der Waals surface area contributed by atoms with E-state index in [1.165, 1.54) is 12.3 Å². The van der Waals surface area contributed by atoms with Crippen molar-refractivity contribution < 1.29 is 12.8 Å². The minimum atomic E-state index is -3.19. The molecule has 0 radical (unpaired) electrons. The van der Waals surface area contributed by atoms with Gasteiger partial charge in [0, 0.05) is 32.0 Å². The Bertz CT molecular complexity index is 824. The van der Waals surface area contributed by atoms with Crippen LogP contribution in [0.5, 0.6) is 0 Å². The molecule has 2 aromatic rings. The lowest BCUT2D eigenvalue weighted by molar-refractivity contribution is 0.601. The van der Waals surface area contributed by atoms with E-state index in [1.54, 1.807) is 49.5 Å². The maximum Gasteiger partial charge on any atom is 0.191 e. The van der Waals surface area contributed by atoms with Gasteiger partial charge in [0.1, 0.15) is 5.82 Å². The van der Waals surface area contributed by atoms with E-state index in [1.807, 2.05) is 0 Å². The van der Waals surface area contributed by atoms with Crippen LogP contribution in [0, 0.1) is 5.82 Å². The van der Waals surface area contributed by atoms with Gasteiger partial charge in [-0.1, -0.05) is 30.3 Å². The first kappa shape index (κ1) is 21.4. The number of sulfone groups is 1. The van der Waals surface area contributed by atoms with Crippen molar-refractivity contribution in [3.05, 3.63) is 65.5 Å². The van der Waals surface area contributed by atoms with Crippen LogP contribution in [0.25, 0.3) is 0 Å². The number of benzene rings is 2. The molecule has 2 rings (SSSR count). The Hall–Kier alpha value is -1.68. The fraction of sp³-hybridized carbons (Fsp3) is 0.235. The molecule has 0 heterocycles. The molecule has 2 N–H and O–H groups in total. The Morgan fingerprint density at radius 1 is 1.04 bits per heavy atom. The monoisotopic (exact) mass is 477 g/mol. The third-order valence-corrected chi connectivity index (χ3v) is 4.57. The number of nitrogens with one attached hydrogen (secondary N) is 2. The van der Waals surface area contributed by atoms with Crippen molar-refractivity contribution >= 4 is 39.8 Å². The molecule has 8 heteroatoms. The minimum absolute atomic E-state index is 0. The Labute approximate surface area is 164 Å². The van der Waals surface area contributed by atoms with Crippen LogP contribution >= 0.6 is 24.0 Å². The van der Waals surface area contributed by atoms with Gasteiger partial charge in [-0.2, -0.15) is 0 Å². The molecule has 0 saturated heterocycles. The third kappa shape index (κ3) is 6.62. The molecule has 0 spiro atoms. The summed E-state index contributed by atoms with van der Waals surface area (Å²) in [5.74, 6) is 0.266. The molecule has 0 aliphatic heterocycles. The molecule has 0 aromatic heterocycles. The molecule has 2 aromatic carbocycles. The van der Waals surface area contributed by atoms with Gasteiger partial charge >= 0.3 is 0 Å². The van der Waals surface area contributed by atoms with Gasteiger partial charge in [0.15, 0.2) is 15.8 Å². The molecule has 0 aliphatic rings. The first-order valence-corrected chi connectivity index (χ1v) is 9.26. The highest BCUT2D eigenvalue weighted by atomic mass is 127. The molecule has 0 aliphatic carbocycles. The molecule has 0 bridgehead atoms. The second kappa shape index (κ2) is 9.71. The lowest BCUT2D eigenvalue weighted by atomic mass is 10.2. The average molecular weight is 477 g/mol. The first-order chi connectivity index (χ1) is 11.4. The van der Waals surface area contributed by atoms with Crippen molar-refractivity contribution in [2.24, 2.45) is 4.99 Å². The number of hydrogen-bond acceptors (Lipinski definition) is 3. The summed E-state index contributed by atoms with van der Waals surface area (Å²) in [6, 6.07) is 13.2. The third-order valence-electron chi connectivity index (χ3n) is 3.44. The molecule has 0 fully saturated rings. The fourth-order valence-corrected chi connectivity index (χ4v) is 2.71. The Morgan fingerprint density at radius 3 is 2.20 bits per heavy atom. The lowest BCUT2D eigenvalue weighted by Gasteiger charge is -2.12. The Morgan fingerprint density at radius 2 is 1.64 bits per heavy atom. The van der Waals surface area contributed by atoms with Crippen LogP contribution in [0.15, 0.2) is 58.4 Å². The summed E-state index contributed by atoms with van der Waals surface area (Å²) in [6.45, 7) is 0.792. The van der Waals surface area contributed by atoms with Gasteiger partial charge in [-0.3, -0.25) is 4.99 Å². The zero-order valence-electron chi connectivity index (χ0n) is 14.0. The molecular formula is C17H21FIN3O2S. The van der Waals surface area contributed by atoms with E-state index in [0.29, 0.717) is 24.6 Å². The van der Waals surface area contributed by atoms with Crippen LogP contribution in [0.3, 0.4) is 0 Å². The standard InChI is InChI=1S/C17H20FN3O2S.HI/c1-19-17(21-12-14-5-3-4-6-16(14)18)20-11-13-7-9-15(10-8-13)24(2,22)23;/h3-10H,11-12H2,1-2H3,(H2,19,20,21);1H. The second-order valence-corrected chi connectivity index (χ2v) is 7.30. The van der Waals surface area contributed by atoms with E-state index in [2.05, 4.69) is 15.6 Å². The van der Waals surface area contributed by atoms with Crippen molar-refractivity contribution in [3.63, 3.8) is 0 Å². The molecule has 136 valence electrons. The van der Waals surface area contributed by atoms with Crippen LogP contribution in [-0.2, 0) is 22.9 Å². The summed E-state index contributed by atoms with van der Waals surface area (Å²) < 4.78 is 36.4. The zero-order chi connectivity index (χ0) is 17.6. The topological polar surface area (TPSA) is 70.6 Å². The highest BCUT2D eigenvalue weighted by Gasteiger charge is 2.06. The zero-order valence-corrected chi connectivity index (χ0v) is 17.1. The molecule has 0 saturated carbocycles. The second-order valence-electron chi connectivity index (χ2n) is 5.29. The number of rotatable bonds is 5. The predicted octanol–water partition coefficient (Wildman–Crippen LogP) is 2.71. The van der Waals surface area contributed by atoms with Crippen molar-refractivity contribution in [2.75, 3.05) is 13.3 Å². The molecule has 5 nitrogen and oxygen atoms in total. The lowest BCUT2D eigenvalue weighted by Crippen LogP contribution is -2.36. The minimum Gasteiger partial charge on any atom is -0.352 e. The van der Waals surface area contributed by atoms with Gasteiger partial charge in [-0.15, -0.1) is 24.0 Å². The van der Waals surface area contributed by atoms with Gasteiger partial charge in [-0.25, -0.2) is 12.8 Å². The van der Waals surface area contributed by atoms with Gasteiger partial charge in [0.2, 0.25) is 0 Å². The van der Waals surface area contributed by atoms with Gasteiger partial charge < -0.3 is 10.6 Å². The van der Waals surface area contributed by atoms with E-state index in [-0.39, 0.29) is 34.7 Å². The summed E-state index contributed by atoms with van der Waals surface area (Å²) in [7, 11) is -1.56. The molecule has 25 heavy (non-hydrogen) atoms. The van der Waals surface area contributed by atoms with Crippen LogP contribution in [0.4, 0.5) is 4.39 Å². The van der Waals surface area contributed by atoms with Crippen LogP contribution in [-0.4, -0.2) is 27.7 Å². The predicted molar refractivity (Wildman–Crippen MR) is 108 cm³/mol. The molecule has 0 unspecified atom stereocenters. The smallest absolute Gasteiger partial charge is 0.191 e. The molecule has 0 atom stereocenters. The SMILES string of the molecule is CN=C(NCc1ccc(S(C)(=O)=O)cc1)NCc1ccccc1F.I. The van der Waals surface area contributed by atoms with E-state index >= 15 is 0 Å².